The van der Waals surface area contributed by atoms with Gasteiger partial charge >= 0.3 is 5.92 Å². The Bertz CT molecular complexity index is 151. The zero-order chi connectivity index (χ0) is 8.65. The summed E-state index contributed by atoms with van der Waals surface area (Å²) in [6, 6.07) is 0. The van der Waals surface area contributed by atoms with E-state index in [0.717, 1.165) is 0 Å². The fraction of sp³-hybridized carbons (Fsp3) is 1.00. The second-order valence-corrected chi connectivity index (χ2v) is 2.50. The lowest BCUT2D eigenvalue weighted by molar-refractivity contribution is -0.149. The van der Waals surface area contributed by atoms with E-state index in [9.17, 15) is 8.78 Å². The van der Waals surface area contributed by atoms with Gasteiger partial charge in [0, 0.05) is 7.11 Å². The Labute approximate surface area is 62.9 Å². The molecule has 0 aromatic rings. The number of methoxy groups -OCH3 is 1. The molecule has 3 unspecified atom stereocenters. The van der Waals surface area contributed by atoms with Crippen molar-refractivity contribution >= 4 is 0 Å². The Balaban J connectivity index is 2.71. The van der Waals surface area contributed by atoms with Gasteiger partial charge in [0.15, 0.2) is 12.4 Å². The van der Waals surface area contributed by atoms with Crippen LogP contribution in [0.25, 0.3) is 0 Å². The maximum atomic E-state index is 12.7. The molecular formula is C6H10F2O3. The first kappa shape index (κ1) is 8.83. The molecule has 1 fully saturated rings. The fourth-order valence-electron chi connectivity index (χ4n) is 0.973. The van der Waals surface area contributed by atoms with Crippen LogP contribution in [0.2, 0.25) is 0 Å². The molecule has 0 spiro atoms. The van der Waals surface area contributed by atoms with Crippen molar-refractivity contribution in [2.24, 2.45) is 0 Å². The minimum atomic E-state index is -3.21. The monoisotopic (exact) mass is 168 g/mol. The van der Waals surface area contributed by atoms with Crippen LogP contribution in [-0.4, -0.2) is 36.6 Å². The van der Waals surface area contributed by atoms with E-state index < -0.39 is 24.4 Å². The molecule has 1 aliphatic heterocycles. The van der Waals surface area contributed by atoms with Gasteiger partial charge in [-0.15, -0.1) is 0 Å². The van der Waals surface area contributed by atoms with Crippen LogP contribution in [0.1, 0.15) is 6.92 Å². The third-order valence-corrected chi connectivity index (χ3v) is 1.76. The standard InChI is InChI=1S/C6H10F2O3/c1-3-6(7,8)4(9)5(10-2)11-3/h3-5,9H,1-2H3. The van der Waals surface area contributed by atoms with E-state index in [1.807, 2.05) is 0 Å². The summed E-state index contributed by atoms with van der Waals surface area (Å²) in [5.41, 5.74) is 0. The molecule has 1 rings (SSSR count). The van der Waals surface area contributed by atoms with Crippen molar-refractivity contribution in [2.45, 2.75) is 31.3 Å². The summed E-state index contributed by atoms with van der Waals surface area (Å²) < 4.78 is 34.5. The molecule has 1 N–H and O–H groups in total. The zero-order valence-electron chi connectivity index (χ0n) is 6.25. The number of hydrogen-bond donors (Lipinski definition) is 1. The molecule has 5 heteroatoms. The zero-order valence-corrected chi connectivity index (χ0v) is 6.25. The average molecular weight is 168 g/mol. The van der Waals surface area contributed by atoms with Crippen molar-refractivity contribution in [3.8, 4) is 0 Å². The summed E-state index contributed by atoms with van der Waals surface area (Å²) in [7, 11) is 1.21. The van der Waals surface area contributed by atoms with Crippen molar-refractivity contribution < 1.29 is 23.4 Å². The van der Waals surface area contributed by atoms with Crippen molar-refractivity contribution in [3.63, 3.8) is 0 Å². The second-order valence-electron chi connectivity index (χ2n) is 2.50. The molecule has 66 valence electrons. The number of alkyl halides is 2. The van der Waals surface area contributed by atoms with Gasteiger partial charge in [-0.25, -0.2) is 8.78 Å². The third kappa shape index (κ3) is 1.23. The lowest BCUT2D eigenvalue weighted by atomic mass is 10.1. The highest BCUT2D eigenvalue weighted by molar-refractivity contribution is 4.91. The first-order valence-corrected chi connectivity index (χ1v) is 3.24. The minimum Gasteiger partial charge on any atom is -0.382 e. The summed E-state index contributed by atoms with van der Waals surface area (Å²) in [6.45, 7) is 1.20. The summed E-state index contributed by atoms with van der Waals surface area (Å²) in [5, 5.41) is 8.89. The van der Waals surface area contributed by atoms with Gasteiger partial charge in [-0.1, -0.05) is 0 Å². The van der Waals surface area contributed by atoms with E-state index in [4.69, 9.17) is 5.11 Å². The molecule has 0 saturated carbocycles. The molecule has 3 atom stereocenters. The van der Waals surface area contributed by atoms with Crippen LogP contribution in [0.5, 0.6) is 0 Å². The molecule has 0 aromatic heterocycles. The van der Waals surface area contributed by atoms with Gasteiger partial charge < -0.3 is 14.6 Å². The summed E-state index contributed by atoms with van der Waals surface area (Å²) in [4.78, 5) is 0. The Morgan fingerprint density at radius 1 is 1.55 bits per heavy atom. The van der Waals surface area contributed by atoms with Gasteiger partial charge in [-0.05, 0) is 6.92 Å². The number of ether oxygens (including phenoxy) is 2. The lowest BCUT2D eigenvalue weighted by Gasteiger charge is -2.15. The highest BCUT2D eigenvalue weighted by Gasteiger charge is 2.56. The maximum Gasteiger partial charge on any atom is 0.303 e. The van der Waals surface area contributed by atoms with Gasteiger partial charge in [0.05, 0.1) is 0 Å². The Morgan fingerprint density at radius 2 is 2.09 bits per heavy atom. The molecule has 3 nitrogen and oxygen atoms in total. The van der Waals surface area contributed by atoms with E-state index in [1.165, 1.54) is 14.0 Å². The first-order valence-electron chi connectivity index (χ1n) is 3.24. The molecule has 11 heavy (non-hydrogen) atoms. The van der Waals surface area contributed by atoms with E-state index in [0.29, 0.717) is 0 Å². The SMILES string of the molecule is COC1OC(C)C(F)(F)C1O. The van der Waals surface area contributed by atoms with Gasteiger partial charge in [0.25, 0.3) is 0 Å². The molecule has 0 aromatic carbocycles. The summed E-state index contributed by atoms with van der Waals surface area (Å²) >= 11 is 0. The molecular weight excluding hydrogens is 158 g/mol. The van der Waals surface area contributed by atoms with Gasteiger partial charge in [-0.3, -0.25) is 0 Å². The van der Waals surface area contributed by atoms with E-state index in [2.05, 4.69) is 9.47 Å². The molecule has 0 bridgehead atoms. The largest absolute Gasteiger partial charge is 0.382 e. The van der Waals surface area contributed by atoms with Crippen molar-refractivity contribution in [3.05, 3.63) is 0 Å². The van der Waals surface area contributed by atoms with Crippen LogP contribution in [0, 0.1) is 0 Å². The van der Waals surface area contributed by atoms with Crippen LogP contribution >= 0.6 is 0 Å². The highest BCUT2D eigenvalue weighted by atomic mass is 19.3. The normalized spacial score (nSPS) is 42.8. The number of rotatable bonds is 1. The number of aliphatic hydroxyl groups excluding tert-OH is 1. The second kappa shape index (κ2) is 2.66. The number of aliphatic hydroxyl groups is 1. The fourth-order valence-corrected chi connectivity index (χ4v) is 0.973. The Hall–Kier alpha value is -0.260. The smallest absolute Gasteiger partial charge is 0.303 e. The van der Waals surface area contributed by atoms with Crippen LogP contribution in [0.3, 0.4) is 0 Å². The molecule has 0 radical (unpaired) electrons. The van der Waals surface area contributed by atoms with Crippen LogP contribution in [0.4, 0.5) is 8.78 Å². The Kier molecular flexibility index (Phi) is 2.13. The average Bonchev–Trinajstić information content (AvgIpc) is 2.14. The van der Waals surface area contributed by atoms with Crippen LogP contribution in [0.15, 0.2) is 0 Å². The molecule has 1 saturated heterocycles. The first-order chi connectivity index (χ1) is 5.00. The predicted molar refractivity (Wildman–Crippen MR) is 32.3 cm³/mol. The lowest BCUT2D eigenvalue weighted by Crippen LogP contribution is -2.39. The number of halogens is 2. The van der Waals surface area contributed by atoms with E-state index in [-0.39, 0.29) is 0 Å². The molecule has 0 amide bonds. The van der Waals surface area contributed by atoms with Crippen molar-refractivity contribution in [2.75, 3.05) is 7.11 Å². The van der Waals surface area contributed by atoms with Crippen molar-refractivity contribution in [1.29, 1.82) is 0 Å². The van der Waals surface area contributed by atoms with Crippen LogP contribution in [-0.2, 0) is 9.47 Å². The predicted octanol–water partition coefficient (Wildman–Crippen LogP) is 0.374. The maximum absolute atomic E-state index is 12.7. The van der Waals surface area contributed by atoms with E-state index in [1.54, 1.807) is 0 Å². The topological polar surface area (TPSA) is 38.7 Å². The molecule has 0 aliphatic carbocycles. The summed E-state index contributed by atoms with van der Waals surface area (Å²) in [6.07, 6.45) is -4.36. The Morgan fingerprint density at radius 3 is 2.27 bits per heavy atom. The quantitative estimate of drug-likeness (QED) is 0.615. The minimum absolute atomic E-state index is 1.20. The summed E-state index contributed by atoms with van der Waals surface area (Å²) in [5.74, 6) is -3.21. The number of hydrogen-bond acceptors (Lipinski definition) is 3. The van der Waals surface area contributed by atoms with E-state index >= 15 is 0 Å². The molecule has 1 heterocycles. The third-order valence-electron chi connectivity index (χ3n) is 1.76. The van der Waals surface area contributed by atoms with Gasteiger partial charge in [-0.2, -0.15) is 0 Å². The van der Waals surface area contributed by atoms with Gasteiger partial charge in [0.1, 0.15) is 6.10 Å². The van der Waals surface area contributed by atoms with Gasteiger partial charge in [0.2, 0.25) is 0 Å². The van der Waals surface area contributed by atoms with Crippen molar-refractivity contribution in [1.82, 2.24) is 0 Å². The molecule has 1 aliphatic rings. The van der Waals surface area contributed by atoms with Crippen LogP contribution < -0.4 is 0 Å². The highest BCUT2D eigenvalue weighted by Crippen LogP contribution is 2.35.